The summed E-state index contributed by atoms with van der Waals surface area (Å²) >= 11 is 0. The molecule has 1 saturated heterocycles. The van der Waals surface area contributed by atoms with Gasteiger partial charge in [-0.25, -0.2) is 0 Å². The summed E-state index contributed by atoms with van der Waals surface area (Å²) in [7, 11) is 1.56. The Labute approximate surface area is 263 Å². The predicted octanol–water partition coefficient (Wildman–Crippen LogP) is 4.51. The summed E-state index contributed by atoms with van der Waals surface area (Å²) in [6.07, 6.45) is 10.3. The van der Waals surface area contributed by atoms with Gasteiger partial charge in [0.05, 0.1) is 25.3 Å². The number of hydrogen-bond acceptors (Lipinski definition) is 7. The molecule has 10 nitrogen and oxygen atoms in total. The van der Waals surface area contributed by atoms with Crippen LogP contribution in [-0.4, -0.2) is 66.6 Å². The van der Waals surface area contributed by atoms with Crippen molar-refractivity contribution in [2.24, 2.45) is 5.92 Å². The maximum atomic E-state index is 13.6. The van der Waals surface area contributed by atoms with Crippen molar-refractivity contribution in [3.05, 3.63) is 72.1 Å². The van der Waals surface area contributed by atoms with E-state index in [1.54, 1.807) is 31.5 Å². The molecule has 2 atom stereocenters. The van der Waals surface area contributed by atoms with Gasteiger partial charge in [-0.3, -0.25) is 19.4 Å². The van der Waals surface area contributed by atoms with E-state index in [-0.39, 0.29) is 30.9 Å². The number of aromatic nitrogens is 1. The molecule has 2 fully saturated rings. The number of carbonyl (C=O) groups excluding carboxylic acids is 3. The molecule has 2 aromatic carbocycles. The maximum absolute atomic E-state index is 13.6. The number of nitrogens with zero attached hydrogens (tertiary/aromatic N) is 2. The molecule has 3 amide bonds. The van der Waals surface area contributed by atoms with Crippen molar-refractivity contribution in [1.82, 2.24) is 20.5 Å². The number of benzene rings is 2. The zero-order chi connectivity index (χ0) is 31.2. The summed E-state index contributed by atoms with van der Waals surface area (Å²) < 4.78 is 17.8. The van der Waals surface area contributed by atoms with Crippen LogP contribution in [0.15, 0.2) is 60.9 Å². The molecular weight excluding hydrogens is 572 g/mol. The van der Waals surface area contributed by atoms with Crippen molar-refractivity contribution >= 4 is 17.7 Å². The zero-order valence-corrected chi connectivity index (χ0v) is 25.6. The second kappa shape index (κ2) is 14.0. The van der Waals surface area contributed by atoms with Gasteiger partial charge in [0.25, 0.3) is 11.8 Å². The van der Waals surface area contributed by atoms with E-state index in [0.29, 0.717) is 48.2 Å². The second-order valence-electron chi connectivity index (χ2n) is 12.1. The molecule has 1 saturated carbocycles. The first-order chi connectivity index (χ1) is 21.9. The van der Waals surface area contributed by atoms with Gasteiger partial charge in [-0.1, -0.05) is 44.2 Å². The lowest BCUT2D eigenvalue weighted by Gasteiger charge is -2.22. The van der Waals surface area contributed by atoms with Crippen molar-refractivity contribution < 1.29 is 28.6 Å². The first-order valence-electron chi connectivity index (χ1n) is 15.8. The fraction of sp³-hybridized carbons (Fsp3) is 0.429. The first kappa shape index (κ1) is 30.4. The summed E-state index contributed by atoms with van der Waals surface area (Å²) in [5, 5.41) is 6.01. The number of amides is 3. The Kier molecular flexibility index (Phi) is 9.47. The molecule has 45 heavy (non-hydrogen) atoms. The predicted molar refractivity (Wildman–Crippen MR) is 168 cm³/mol. The molecule has 7 rings (SSSR count). The Balaban J connectivity index is 1.27. The third-order valence-electron chi connectivity index (χ3n) is 8.99. The van der Waals surface area contributed by atoms with E-state index in [0.717, 1.165) is 23.1 Å². The van der Waals surface area contributed by atoms with Crippen LogP contribution in [0.25, 0.3) is 11.1 Å². The number of likely N-dealkylation sites (tertiary alicyclic amines) is 1. The van der Waals surface area contributed by atoms with E-state index in [9.17, 15) is 14.4 Å². The fourth-order valence-electron chi connectivity index (χ4n) is 6.45. The fourth-order valence-corrected chi connectivity index (χ4v) is 6.45. The summed E-state index contributed by atoms with van der Waals surface area (Å²) in [6, 6.07) is 14.1. The van der Waals surface area contributed by atoms with E-state index < -0.39 is 12.1 Å². The monoisotopic (exact) mass is 612 g/mol. The Hall–Kier alpha value is -4.60. The van der Waals surface area contributed by atoms with Gasteiger partial charge in [0.1, 0.15) is 23.4 Å². The quantitative estimate of drug-likeness (QED) is 0.445. The minimum Gasteiger partial charge on any atom is -0.496 e. The average Bonchev–Trinajstić information content (AvgIpc) is 3.47. The molecule has 6 bridgehead atoms. The molecule has 236 valence electrons. The molecule has 3 aliphatic heterocycles. The normalized spacial score (nSPS) is 20.7. The summed E-state index contributed by atoms with van der Waals surface area (Å²) in [4.78, 5) is 45.7. The van der Waals surface area contributed by atoms with Crippen LogP contribution in [0.4, 0.5) is 0 Å². The van der Waals surface area contributed by atoms with E-state index in [1.807, 2.05) is 35.2 Å². The highest BCUT2D eigenvalue weighted by Crippen LogP contribution is 2.30. The number of pyridine rings is 1. The number of carbonyl (C=O) groups is 3. The van der Waals surface area contributed by atoms with Gasteiger partial charge in [0, 0.05) is 49.1 Å². The Morgan fingerprint density at radius 3 is 2.67 bits per heavy atom. The van der Waals surface area contributed by atoms with Gasteiger partial charge in [-0.15, -0.1) is 0 Å². The maximum Gasteiger partial charge on any atom is 0.258 e. The van der Waals surface area contributed by atoms with Crippen molar-refractivity contribution in [2.75, 3.05) is 26.8 Å². The van der Waals surface area contributed by atoms with E-state index in [1.165, 1.54) is 38.3 Å². The van der Waals surface area contributed by atoms with Crippen molar-refractivity contribution in [1.29, 1.82) is 0 Å². The second-order valence-corrected chi connectivity index (χ2v) is 12.1. The van der Waals surface area contributed by atoms with Gasteiger partial charge in [0.2, 0.25) is 5.91 Å². The molecule has 1 aliphatic carbocycles. The number of ether oxygens (including phenoxy) is 3. The molecule has 1 aromatic heterocycles. The Morgan fingerprint density at radius 2 is 1.82 bits per heavy atom. The molecule has 2 N–H and O–H groups in total. The standard InChI is InChI=1S/C35H40N4O6/c1-43-31-16-29-12-11-25(31)19-37-33(40)22-44-28-9-5-8-24(15-28)26-14-27(18-36-17-26)35(42)38-30-20-39(21-32(30)45-29)34(41)13-10-23-6-3-2-4-7-23/h5,8-9,11-12,14-18,23,30,32H,2-4,6-7,10,13,19-22H2,1H3,(H,37,40)(H,38,42)/t30-,32-/m0/s1. The third kappa shape index (κ3) is 7.56. The van der Waals surface area contributed by atoms with Crippen LogP contribution in [0.5, 0.6) is 17.2 Å². The number of rotatable bonds is 4. The number of hydrogen-bond donors (Lipinski definition) is 2. The zero-order valence-electron chi connectivity index (χ0n) is 25.6. The minimum absolute atomic E-state index is 0.0888. The van der Waals surface area contributed by atoms with Gasteiger partial charge in [-0.05, 0) is 48.2 Å². The molecule has 0 spiro atoms. The summed E-state index contributed by atoms with van der Waals surface area (Å²) in [5.74, 6) is 1.74. The Morgan fingerprint density at radius 1 is 0.978 bits per heavy atom. The number of nitrogens with one attached hydrogen (secondary N) is 2. The van der Waals surface area contributed by atoms with Gasteiger partial charge >= 0.3 is 0 Å². The average molecular weight is 613 g/mol. The minimum atomic E-state index is -0.474. The summed E-state index contributed by atoms with van der Waals surface area (Å²) in [6.45, 7) is 0.801. The van der Waals surface area contributed by atoms with Crippen molar-refractivity contribution in [3.63, 3.8) is 0 Å². The molecule has 4 heterocycles. The Bertz CT molecular complexity index is 1540. The van der Waals surface area contributed by atoms with Crippen molar-refractivity contribution in [3.8, 4) is 28.4 Å². The lowest BCUT2D eigenvalue weighted by molar-refractivity contribution is -0.130. The molecule has 3 aromatic rings. The van der Waals surface area contributed by atoms with E-state index in [4.69, 9.17) is 14.2 Å². The molecule has 0 radical (unpaired) electrons. The van der Waals surface area contributed by atoms with Crippen LogP contribution in [0.3, 0.4) is 0 Å². The van der Waals surface area contributed by atoms with Crippen LogP contribution in [0.1, 0.15) is 60.9 Å². The topological polar surface area (TPSA) is 119 Å². The molecular formula is C35H40N4O6. The van der Waals surface area contributed by atoms with Crippen LogP contribution in [-0.2, 0) is 16.1 Å². The van der Waals surface area contributed by atoms with Gasteiger partial charge < -0.3 is 29.7 Å². The van der Waals surface area contributed by atoms with Gasteiger partial charge in [0.15, 0.2) is 6.61 Å². The highest BCUT2D eigenvalue weighted by molar-refractivity contribution is 5.95. The van der Waals surface area contributed by atoms with Crippen LogP contribution in [0.2, 0.25) is 0 Å². The molecule has 10 heteroatoms. The van der Waals surface area contributed by atoms with Gasteiger partial charge in [-0.2, -0.15) is 0 Å². The highest BCUT2D eigenvalue weighted by Gasteiger charge is 2.38. The lowest BCUT2D eigenvalue weighted by atomic mass is 9.86. The van der Waals surface area contributed by atoms with Crippen molar-refractivity contribution in [2.45, 2.75) is 63.6 Å². The smallest absolute Gasteiger partial charge is 0.258 e. The van der Waals surface area contributed by atoms with Crippen LogP contribution >= 0.6 is 0 Å². The molecule has 0 unspecified atom stereocenters. The third-order valence-corrected chi connectivity index (χ3v) is 8.99. The summed E-state index contributed by atoms with van der Waals surface area (Å²) in [5.41, 5.74) is 2.69. The van der Waals surface area contributed by atoms with Crippen LogP contribution in [0, 0.1) is 5.92 Å². The number of methoxy groups -OCH3 is 1. The SMILES string of the molecule is COc1cc2ccc1CNC(=O)COc1cccc(c1)-c1cncc(c1)C(=O)N[C@H]1CN(C(=O)CCC3CCCCC3)C[C@@H]1O2. The van der Waals surface area contributed by atoms with E-state index in [2.05, 4.69) is 15.6 Å². The first-order valence-corrected chi connectivity index (χ1v) is 15.8. The largest absolute Gasteiger partial charge is 0.496 e. The molecule has 4 aliphatic rings. The highest BCUT2D eigenvalue weighted by atomic mass is 16.5. The van der Waals surface area contributed by atoms with E-state index >= 15 is 0 Å². The lowest BCUT2D eigenvalue weighted by Crippen LogP contribution is -2.45. The number of fused-ring (bicyclic) bond motifs is 7. The van der Waals surface area contributed by atoms with Crippen LogP contribution < -0.4 is 24.8 Å².